The molecule has 0 aromatic heterocycles. The molecule has 0 saturated carbocycles. The normalized spacial score (nSPS) is 16.8. The number of hydrogen-bond acceptors (Lipinski definition) is 0. The SMILES string of the molecule is [2H]B(C)P([B])I. The van der Waals surface area contributed by atoms with E-state index in [4.69, 9.17) is 8.90 Å². The first-order chi connectivity index (χ1) is 2.64. The summed E-state index contributed by atoms with van der Waals surface area (Å²) in [6.45, 7) is 1.73. The van der Waals surface area contributed by atoms with Crippen molar-refractivity contribution in [2.75, 3.05) is 0 Å². The van der Waals surface area contributed by atoms with E-state index in [9.17, 15) is 0 Å². The van der Waals surface area contributed by atoms with Gasteiger partial charge in [-0.2, -0.15) is 0 Å². The molecule has 0 fully saturated rings. The maximum absolute atomic E-state index is 6.93. The third-order valence-corrected chi connectivity index (χ3v) is 2.41. The Balaban J connectivity index is 2.99. The second-order valence-corrected chi connectivity index (χ2v) is 5.15. The minimum absolute atomic E-state index is 0.0689. The highest BCUT2D eigenvalue weighted by Crippen LogP contribution is 2.35. The Labute approximate surface area is 50.3 Å². The first-order valence-electron chi connectivity index (χ1n) is 1.84. The molecule has 1 unspecified atom stereocenters. The van der Waals surface area contributed by atoms with Gasteiger partial charge in [0.2, 0.25) is 0 Å². The van der Waals surface area contributed by atoms with Gasteiger partial charge in [-0.1, -0.05) is 28.9 Å². The lowest BCUT2D eigenvalue weighted by Gasteiger charge is -1.87. The zero-order valence-electron chi connectivity index (χ0n) is 3.98. The summed E-state index contributed by atoms with van der Waals surface area (Å²) in [6, 6.07) is 0. The summed E-state index contributed by atoms with van der Waals surface area (Å²) < 4.78 is 6.93. The molecule has 5 heavy (non-hydrogen) atoms. The first kappa shape index (κ1) is 4.45. The fourth-order valence-electron chi connectivity index (χ4n) is 0. The average Bonchev–Trinajstić information content (AvgIpc) is 1.36. The Kier molecular flexibility index (Phi) is 3.10. The van der Waals surface area contributed by atoms with E-state index in [1.807, 2.05) is 0 Å². The average molecular weight is 197 g/mol. The summed E-state index contributed by atoms with van der Waals surface area (Å²) in [6.07, 6.45) is 0. The molecule has 0 rings (SSSR count). The Bertz CT molecular complexity index is 34.5. The van der Waals surface area contributed by atoms with Gasteiger partial charge in [0.25, 0.3) is 0 Å². The van der Waals surface area contributed by atoms with Crippen molar-refractivity contribution in [1.29, 1.82) is 1.34 Å². The summed E-state index contributed by atoms with van der Waals surface area (Å²) in [5.41, 5.74) is 0. The van der Waals surface area contributed by atoms with Crippen LogP contribution in [0.3, 0.4) is 0 Å². The summed E-state index contributed by atoms with van der Waals surface area (Å²) in [4.78, 5) is 0. The molecule has 0 saturated heterocycles. The summed E-state index contributed by atoms with van der Waals surface area (Å²) in [7, 11) is 5.30. The van der Waals surface area contributed by atoms with E-state index in [0.29, 0.717) is 0 Å². The van der Waals surface area contributed by atoms with E-state index in [1.54, 1.807) is 6.82 Å². The maximum Gasteiger partial charge on any atom is 0.149 e. The van der Waals surface area contributed by atoms with Crippen molar-refractivity contribution in [3.05, 3.63) is 0 Å². The number of halogens is 1. The largest absolute Gasteiger partial charge is 0.149 e. The van der Waals surface area contributed by atoms with Gasteiger partial charge >= 0.3 is 0 Å². The van der Waals surface area contributed by atoms with Crippen molar-refractivity contribution in [3.8, 4) is 0 Å². The summed E-state index contributed by atoms with van der Waals surface area (Å²) in [5, 5.41) is -0.523. The van der Waals surface area contributed by atoms with Crippen molar-refractivity contribution in [2.45, 2.75) is 6.82 Å². The molecule has 1 atom stereocenters. The van der Waals surface area contributed by atoms with Gasteiger partial charge in [0, 0.05) is 0 Å². The van der Waals surface area contributed by atoms with Gasteiger partial charge in [-0.05, 0) is 1.34 Å². The minimum Gasteiger partial charge on any atom is -0.128 e. The quantitative estimate of drug-likeness (QED) is 0.337. The molecular formula is CH4B2IP. The lowest BCUT2D eigenvalue weighted by Crippen LogP contribution is -1.66. The highest BCUT2D eigenvalue weighted by molar-refractivity contribution is 14.2. The topological polar surface area (TPSA) is 0 Å². The zero-order valence-corrected chi connectivity index (χ0v) is 6.03. The van der Waals surface area contributed by atoms with Crippen LogP contribution in [-0.2, 0) is 0 Å². The smallest absolute Gasteiger partial charge is 0.128 e. The standard InChI is InChI=1S/CH4B2IP/c1-3-5(2)4/h3H,1H3/i3D. The van der Waals surface area contributed by atoms with Crippen molar-refractivity contribution < 1.29 is 0 Å². The molecule has 0 heterocycles. The molecule has 0 bridgehead atoms. The van der Waals surface area contributed by atoms with Gasteiger partial charge in [0.05, 0.1) is 0 Å². The number of hydrogen-bond donors (Lipinski definition) is 0. The Morgan fingerprint density at radius 1 is 2.40 bits per heavy atom. The van der Waals surface area contributed by atoms with Crippen LogP contribution in [0.25, 0.3) is 0 Å². The van der Waals surface area contributed by atoms with Gasteiger partial charge in [0.15, 0.2) is 0 Å². The molecule has 0 aliphatic carbocycles. The van der Waals surface area contributed by atoms with Crippen LogP contribution >= 0.6 is 27.4 Å². The molecule has 0 N–H and O–H groups in total. The van der Waals surface area contributed by atoms with E-state index in [2.05, 4.69) is 22.0 Å². The van der Waals surface area contributed by atoms with Crippen LogP contribution in [0.5, 0.6) is 0 Å². The molecule has 26 valence electrons. The van der Waals surface area contributed by atoms with Crippen LogP contribution in [0.4, 0.5) is 0 Å². The number of rotatable bonds is 1. The Morgan fingerprint density at radius 2 is 2.60 bits per heavy atom. The van der Waals surface area contributed by atoms with Gasteiger partial charge in [-0.25, -0.2) is 0 Å². The zero-order chi connectivity index (χ0) is 5.15. The van der Waals surface area contributed by atoms with Crippen LogP contribution < -0.4 is 0 Å². The van der Waals surface area contributed by atoms with E-state index < -0.39 is 5.32 Å². The van der Waals surface area contributed by atoms with Crippen molar-refractivity contribution in [1.82, 2.24) is 0 Å². The van der Waals surface area contributed by atoms with Crippen molar-refractivity contribution in [3.63, 3.8) is 0 Å². The van der Waals surface area contributed by atoms with E-state index in [0.717, 1.165) is 0 Å². The molecule has 0 aliphatic rings. The van der Waals surface area contributed by atoms with E-state index in [-0.39, 0.29) is 6.96 Å². The lowest BCUT2D eigenvalue weighted by atomic mass is 10.2. The van der Waals surface area contributed by atoms with Crippen LogP contribution in [0.1, 0.15) is 0 Å². The molecule has 0 nitrogen and oxygen atoms in total. The molecule has 0 amide bonds. The van der Waals surface area contributed by atoms with E-state index in [1.165, 1.54) is 0 Å². The van der Waals surface area contributed by atoms with E-state index >= 15 is 0 Å². The van der Waals surface area contributed by atoms with Crippen LogP contribution in [0.2, 0.25) is 6.82 Å². The van der Waals surface area contributed by atoms with Gasteiger partial charge in [-0.15, -0.1) is 5.32 Å². The molecule has 4 heteroatoms. The molecule has 0 spiro atoms. The third kappa shape index (κ3) is 5.29. The highest BCUT2D eigenvalue weighted by atomic mass is 127. The summed E-state index contributed by atoms with van der Waals surface area (Å²) in [5.74, 6) is 0. The molecule has 0 aromatic carbocycles. The Hall–Kier alpha value is 1.29. The van der Waals surface area contributed by atoms with Gasteiger partial charge in [-0.3, -0.25) is 0 Å². The molecule has 2 radical (unpaired) electrons. The van der Waals surface area contributed by atoms with Crippen molar-refractivity contribution >= 4 is 41.9 Å². The maximum atomic E-state index is 6.93. The first-order valence-corrected chi connectivity index (χ1v) is 5.53. The monoisotopic (exact) mass is 197 g/mol. The fourth-order valence-corrected chi connectivity index (χ4v) is 0. The highest BCUT2D eigenvalue weighted by Gasteiger charge is 1.84. The molecular weight excluding hydrogens is 192 g/mol. The van der Waals surface area contributed by atoms with Gasteiger partial charge in [0.1, 0.15) is 14.5 Å². The Morgan fingerprint density at radius 3 is 2.60 bits per heavy atom. The van der Waals surface area contributed by atoms with Crippen LogP contribution in [0, 0.1) is 0 Å². The van der Waals surface area contributed by atoms with Gasteiger partial charge < -0.3 is 0 Å². The predicted octanol–water partition coefficient (Wildman–Crippen LogP) is 1.30. The van der Waals surface area contributed by atoms with Crippen molar-refractivity contribution in [2.24, 2.45) is 0 Å². The molecule has 0 aromatic rings. The minimum atomic E-state index is -0.523. The molecule has 0 aliphatic heterocycles. The fraction of sp³-hybridized carbons (Fsp3) is 1.00. The predicted molar refractivity (Wildman–Crippen MR) is 39.7 cm³/mol. The van der Waals surface area contributed by atoms with Crippen LogP contribution in [-0.4, -0.2) is 15.9 Å². The third-order valence-electron chi connectivity index (χ3n) is 0.247. The lowest BCUT2D eigenvalue weighted by molar-refractivity contribution is 2.37. The summed E-state index contributed by atoms with van der Waals surface area (Å²) >= 11 is 2.09. The second kappa shape index (κ2) is 3.48. The second-order valence-electron chi connectivity index (χ2n) is 0.602. The van der Waals surface area contributed by atoms with Crippen LogP contribution in [0.15, 0.2) is 0 Å².